The molecule has 1 aromatic carbocycles. The van der Waals surface area contributed by atoms with Crippen molar-refractivity contribution in [3.05, 3.63) is 35.6 Å². The van der Waals surface area contributed by atoms with Crippen molar-refractivity contribution in [3.8, 4) is 0 Å². The molecule has 0 saturated carbocycles. The highest BCUT2D eigenvalue weighted by molar-refractivity contribution is 5.88. The van der Waals surface area contributed by atoms with E-state index in [1.165, 1.54) is 12.1 Å². The molecular weight excluding hydrogens is 271 g/mol. The summed E-state index contributed by atoms with van der Waals surface area (Å²) in [6, 6.07) is 6.40. The molecule has 1 aliphatic heterocycles. The number of carbonyl (C=O) groups is 1. The van der Waals surface area contributed by atoms with Crippen LogP contribution in [0.2, 0.25) is 0 Å². The Morgan fingerprint density at radius 3 is 2.76 bits per heavy atom. The van der Waals surface area contributed by atoms with Crippen LogP contribution in [0.5, 0.6) is 0 Å². The van der Waals surface area contributed by atoms with Crippen LogP contribution in [-0.2, 0) is 14.9 Å². The van der Waals surface area contributed by atoms with Crippen molar-refractivity contribution < 1.29 is 13.9 Å². The molecule has 21 heavy (non-hydrogen) atoms. The van der Waals surface area contributed by atoms with Crippen LogP contribution in [0.3, 0.4) is 0 Å². The lowest BCUT2D eigenvalue weighted by atomic mass is 9.73. The summed E-state index contributed by atoms with van der Waals surface area (Å²) in [5.41, 5.74) is 0.0927. The summed E-state index contributed by atoms with van der Waals surface area (Å²) in [6.45, 7) is 2.43. The molecule has 1 heterocycles. The third-order valence-electron chi connectivity index (χ3n) is 4.18. The van der Waals surface area contributed by atoms with Crippen LogP contribution < -0.4 is 5.32 Å². The zero-order valence-electron chi connectivity index (χ0n) is 12.7. The van der Waals surface area contributed by atoms with Crippen LogP contribution in [0.15, 0.2) is 24.3 Å². The highest BCUT2D eigenvalue weighted by atomic mass is 19.1. The highest BCUT2D eigenvalue weighted by Crippen LogP contribution is 2.36. The lowest BCUT2D eigenvalue weighted by molar-refractivity contribution is -0.140. The Hall–Kier alpha value is -1.46. The number of rotatable bonds is 5. The van der Waals surface area contributed by atoms with Gasteiger partial charge in [0.2, 0.25) is 5.91 Å². The van der Waals surface area contributed by atoms with Crippen LogP contribution in [0.1, 0.15) is 18.4 Å². The molecule has 4 nitrogen and oxygen atoms in total. The quantitative estimate of drug-likeness (QED) is 0.896. The second kappa shape index (κ2) is 7.00. The van der Waals surface area contributed by atoms with E-state index in [0.29, 0.717) is 32.6 Å². The summed E-state index contributed by atoms with van der Waals surface area (Å²) in [5.74, 6) is -0.254. The molecule has 1 aromatic rings. The van der Waals surface area contributed by atoms with Gasteiger partial charge in [0, 0.05) is 33.4 Å². The van der Waals surface area contributed by atoms with E-state index in [-0.39, 0.29) is 11.7 Å². The van der Waals surface area contributed by atoms with Crippen molar-refractivity contribution in [2.75, 3.05) is 40.4 Å². The average Bonchev–Trinajstić information content (AvgIpc) is 2.52. The maximum Gasteiger partial charge on any atom is 0.233 e. The Labute approximate surface area is 125 Å². The van der Waals surface area contributed by atoms with Crippen LogP contribution in [0.25, 0.3) is 0 Å². The van der Waals surface area contributed by atoms with Gasteiger partial charge in [-0.2, -0.15) is 0 Å². The second-order valence-corrected chi connectivity index (χ2v) is 5.54. The largest absolute Gasteiger partial charge is 0.381 e. The number of nitrogens with one attached hydrogen (secondary N) is 1. The molecule has 0 unspecified atom stereocenters. The number of nitrogens with zero attached hydrogens (tertiary/aromatic N) is 1. The molecule has 0 radical (unpaired) electrons. The number of hydrogen-bond acceptors (Lipinski definition) is 3. The minimum absolute atomic E-state index is 0.0478. The van der Waals surface area contributed by atoms with Gasteiger partial charge in [-0.25, -0.2) is 4.39 Å². The van der Waals surface area contributed by atoms with Gasteiger partial charge in [-0.1, -0.05) is 12.1 Å². The normalized spacial score (nSPS) is 17.5. The van der Waals surface area contributed by atoms with E-state index >= 15 is 0 Å². The highest BCUT2D eigenvalue weighted by Gasteiger charge is 2.43. The smallest absolute Gasteiger partial charge is 0.233 e. The molecule has 0 bridgehead atoms. The molecule has 0 aliphatic carbocycles. The standard InChI is InChI=1S/C16H23FN2O2/c1-18-8-9-19(2)15(20)16(6-10-21-11-7-16)13-4-3-5-14(17)12-13/h3-5,12,18H,6-11H2,1-2H3. The van der Waals surface area contributed by atoms with Gasteiger partial charge in [0.15, 0.2) is 0 Å². The molecule has 1 aliphatic rings. The van der Waals surface area contributed by atoms with Crippen LogP contribution >= 0.6 is 0 Å². The summed E-state index contributed by atoms with van der Waals surface area (Å²) in [7, 11) is 3.66. The van der Waals surface area contributed by atoms with Gasteiger partial charge < -0.3 is 15.0 Å². The number of carbonyl (C=O) groups excluding carboxylic acids is 1. The third kappa shape index (κ3) is 3.41. The molecule has 2 rings (SSSR count). The molecular formula is C16H23FN2O2. The van der Waals surface area contributed by atoms with Gasteiger partial charge in [-0.05, 0) is 37.6 Å². The summed E-state index contributed by atoms with van der Waals surface area (Å²) in [6.07, 6.45) is 1.19. The molecule has 0 spiro atoms. The summed E-state index contributed by atoms with van der Waals surface area (Å²) in [5, 5.41) is 3.04. The maximum atomic E-state index is 13.6. The molecule has 1 fully saturated rings. The third-order valence-corrected chi connectivity index (χ3v) is 4.18. The van der Waals surface area contributed by atoms with E-state index in [1.807, 2.05) is 13.1 Å². The Kier molecular flexibility index (Phi) is 5.31. The van der Waals surface area contributed by atoms with Crippen molar-refractivity contribution in [3.63, 3.8) is 0 Å². The van der Waals surface area contributed by atoms with E-state index in [9.17, 15) is 9.18 Å². The zero-order valence-corrected chi connectivity index (χ0v) is 12.7. The number of benzene rings is 1. The molecule has 1 N–H and O–H groups in total. The first kappa shape index (κ1) is 15.9. The Bertz CT molecular complexity index is 487. The molecule has 0 aromatic heterocycles. The zero-order chi connectivity index (χ0) is 15.3. The van der Waals surface area contributed by atoms with Crippen molar-refractivity contribution in [1.82, 2.24) is 10.2 Å². The van der Waals surface area contributed by atoms with Crippen molar-refractivity contribution in [2.45, 2.75) is 18.3 Å². The summed E-state index contributed by atoms with van der Waals surface area (Å²) in [4.78, 5) is 14.7. The van der Waals surface area contributed by atoms with Crippen LogP contribution in [-0.4, -0.2) is 51.2 Å². The van der Waals surface area contributed by atoms with Gasteiger partial charge in [-0.3, -0.25) is 4.79 Å². The Balaban J connectivity index is 2.31. The summed E-state index contributed by atoms with van der Waals surface area (Å²) >= 11 is 0. The number of amides is 1. The number of hydrogen-bond donors (Lipinski definition) is 1. The fourth-order valence-electron chi connectivity index (χ4n) is 2.88. The lowest BCUT2D eigenvalue weighted by Crippen LogP contribution is -2.49. The van der Waals surface area contributed by atoms with Gasteiger partial charge in [0.25, 0.3) is 0 Å². The topological polar surface area (TPSA) is 41.6 Å². The first-order valence-electron chi connectivity index (χ1n) is 7.34. The molecule has 5 heteroatoms. The average molecular weight is 294 g/mol. The molecule has 1 saturated heterocycles. The Morgan fingerprint density at radius 1 is 1.43 bits per heavy atom. The number of ether oxygens (including phenoxy) is 1. The van der Waals surface area contributed by atoms with Gasteiger partial charge in [-0.15, -0.1) is 0 Å². The van der Waals surface area contributed by atoms with Gasteiger partial charge in [0.05, 0.1) is 5.41 Å². The first-order chi connectivity index (χ1) is 10.1. The van der Waals surface area contributed by atoms with E-state index in [1.54, 1.807) is 18.0 Å². The minimum Gasteiger partial charge on any atom is -0.381 e. The number of likely N-dealkylation sites (N-methyl/N-ethyl adjacent to an activating group) is 2. The lowest BCUT2D eigenvalue weighted by Gasteiger charge is -2.39. The fraction of sp³-hybridized carbons (Fsp3) is 0.562. The van der Waals surface area contributed by atoms with Crippen molar-refractivity contribution in [2.24, 2.45) is 0 Å². The predicted octanol–water partition coefficient (Wildman–Crippen LogP) is 1.55. The predicted molar refractivity (Wildman–Crippen MR) is 79.7 cm³/mol. The van der Waals surface area contributed by atoms with Crippen LogP contribution in [0, 0.1) is 5.82 Å². The second-order valence-electron chi connectivity index (χ2n) is 5.54. The van der Waals surface area contributed by atoms with E-state index in [0.717, 1.165) is 12.1 Å². The van der Waals surface area contributed by atoms with Crippen LogP contribution in [0.4, 0.5) is 4.39 Å². The van der Waals surface area contributed by atoms with E-state index < -0.39 is 5.41 Å². The molecule has 116 valence electrons. The van der Waals surface area contributed by atoms with Crippen molar-refractivity contribution in [1.29, 1.82) is 0 Å². The maximum absolute atomic E-state index is 13.6. The summed E-state index contributed by atoms with van der Waals surface area (Å²) < 4.78 is 19.0. The minimum atomic E-state index is -0.664. The van der Waals surface area contributed by atoms with Crippen molar-refractivity contribution >= 4 is 5.91 Å². The van der Waals surface area contributed by atoms with Gasteiger partial charge in [0.1, 0.15) is 5.82 Å². The SMILES string of the molecule is CNCCN(C)C(=O)C1(c2cccc(F)c2)CCOCC1. The van der Waals surface area contributed by atoms with Gasteiger partial charge >= 0.3 is 0 Å². The molecule has 0 atom stereocenters. The Morgan fingerprint density at radius 2 is 2.14 bits per heavy atom. The fourth-order valence-corrected chi connectivity index (χ4v) is 2.88. The first-order valence-corrected chi connectivity index (χ1v) is 7.34. The monoisotopic (exact) mass is 294 g/mol. The number of halogens is 1. The van der Waals surface area contributed by atoms with E-state index in [2.05, 4.69) is 5.32 Å². The van der Waals surface area contributed by atoms with E-state index in [4.69, 9.17) is 4.74 Å². The molecule has 1 amide bonds.